The third kappa shape index (κ3) is 4.51. The molecule has 1 aromatic heterocycles. The lowest BCUT2D eigenvalue weighted by atomic mass is 10.3. The monoisotopic (exact) mass is 208 g/mol. The zero-order chi connectivity index (χ0) is 11.1. The van der Waals surface area contributed by atoms with Crippen molar-refractivity contribution >= 4 is 5.91 Å². The first-order valence-corrected chi connectivity index (χ1v) is 4.86. The molecule has 0 radical (unpaired) electrons. The van der Waals surface area contributed by atoms with E-state index in [9.17, 15) is 4.79 Å². The minimum absolute atomic E-state index is 0.130. The van der Waals surface area contributed by atoms with Crippen molar-refractivity contribution in [3.63, 3.8) is 0 Å². The van der Waals surface area contributed by atoms with Crippen LogP contribution in [0.2, 0.25) is 0 Å². The van der Waals surface area contributed by atoms with Gasteiger partial charge >= 0.3 is 0 Å². The Morgan fingerprint density at radius 2 is 2.33 bits per heavy atom. The molecule has 0 spiro atoms. The Bertz CT molecular complexity index is 300. The van der Waals surface area contributed by atoms with Gasteiger partial charge in [-0.25, -0.2) is 9.97 Å². The minimum Gasteiger partial charge on any atom is -0.349 e. The molecule has 0 aliphatic heterocycles. The number of carbonyl (C=O) groups is 1. The highest BCUT2D eigenvalue weighted by Gasteiger charge is 2.02. The maximum Gasteiger partial charge on any atom is 0.223 e. The lowest BCUT2D eigenvalue weighted by Gasteiger charge is -2.10. The molecule has 1 aromatic rings. The van der Waals surface area contributed by atoms with Gasteiger partial charge in [0.05, 0.1) is 5.69 Å². The van der Waals surface area contributed by atoms with Gasteiger partial charge in [-0.15, -0.1) is 0 Å². The molecule has 1 heterocycles. The molecule has 5 heteroatoms. The summed E-state index contributed by atoms with van der Waals surface area (Å²) in [5.74, 6) is 0.130. The second-order valence-corrected chi connectivity index (χ2v) is 3.42. The number of hydrogen-bond donors (Lipinski definition) is 1. The summed E-state index contributed by atoms with van der Waals surface area (Å²) in [5, 5.41) is 3.15. The largest absolute Gasteiger partial charge is 0.349 e. The number of nitrogens with zero attached hydrogens (tertiary/aromatic N) is 3. The fraction of sp³-hybridized carbons (Fsp3) is 0.500. The van der Waals surface area contributed by atoms with Gasteiger partial charge in [-0.3, -0.25) is 4.79 Å². The number of aromatic nitrogens is 2. The first kappa shape index (κ1) is 11.6. The number of carbonyl (C=O) groups excluding carboxylic acids is 1. The molecule has 1 N–H and O–H groups in total. The fourth-order valence-corrected chi connectivity index (χ4v) is 1.06. The van der Waals surface area contributed by atoms with Gasteiger partial charge in [0.2, 0.25) is 5.91 Å². The SMILES string of the molecule is CN(C)C(=O)CCNCc1ccncn1. The Kier molecular flexibility index (Phi) is 4.70. The second-order valence-electron chi connectivity index (χ2n) is 3.42. The van der Waals surface area contributed by atoms with Crippen LogP contribution in [0.3, 0.4) is 0 Å². The maximum atomic E-state index is 11.2. The summed E-state index contributed by atoms with van der Waals surface area (Å²) in [4.78, 5) is 20.7. The van der Waals surface area contributed by atoms with Crippen LogP contribution in [-0.2, 0) is 11.3 Å². The molecule has 0 aliphatic rings. The van der Waals surface area contributed by atoms with Crippen molar-refractivity contribution in [1.82, 2.24) is 20.2 Å². The Labute approximate surface area is 89.5 Å². The predicted octanol–water partition coefficient (Wildman–Crippen LogP) is 0.0445. The van der Waals surface area contributed by atoms with E-state index in [-0.39, 0.29) is 5.91 Å². The van der Waals surface area contributed by atoms with E-state index in [0.717, 1.165) is 5.69 Å². The molecule has 0 bridgehead atoms. The molecule has 0 fully saturated rings. The van der Waals surface area contributed by atoms with E-state index < -0.39 is 0 Å². The number of rotatable bonds is 5. The first-order chi connectivity index (χ1) is 7.20. The molecule has 0 saturated carbocycles. The van der Waals surface area contributed by atoms with Gasteiger partial charge in [-0.2, -0.15) is 0 Å². The molecule has 1 amide bonds. The van der Waals surface area contributed by atoms with Crippen LogP contribution < -0.4 is 5.32 Å². The van der Waals surface area contributed by atoms with Gasteiger partial charge in [0.25, 0.3) is 0 Å². The summed E-state index contributed by atoms with van der Waals surface area (Å²) in [7, 11) is 3.51. The van der Waals surface area contributed by atoms with Crippen LogP contribution in [0.1, 0.15) is 12.1 Å². The molecular formula is C10H16N4O. The summed E-state index contributed by atoms with van der Waals surface area (Å²) in [6.07, 6.45) is 3.73. The first-order valence-electron chi connectivity index (χ1n) is 4.86. The zero-order valence-electron chi connectivity index (χ0n) is 9.10. The Balaban J connectivity index is 2.15. The number of amides is 1. The van der Waals surface area contributed by atoms with Gasteiger partial charge in [-0.1, -0.05) is 0 Å². The van der Waals surface area contributed by atoms with Gasteiger partial charge < -0.3 is 10.2 Å². The quantitative estimate of drug-likeness (QED) is 0.694. The average Bonchev–Trinajstić information content (AvgIpc) is 2.25. The average molecular weight is 208 g/mol. The van der Waals surface area contributed by atoms with E-state index in [2.05, 4.69) is 15.3 Å². The van der Waals surface area contributed by atoms with Crippen molar-refractivity contribution in [3.05, 3.63) is 24.3 Å². The molecule has 0 aliphatic carbocycles. The Hall–Kier alpha value is -1.49. The Morgan fingerprint density at radius 1 is 1.53 bits per heavy atom. The highest BCUT2D eigenvalue weighted by molar-refractivity contribution is 5.75. The van der Waals surface area contributed by atoms with Crippen molar-refractivity contribution in [3.8, 4) is 0 Å². The van der Waals surface area contributed by atoms with Crippen molar-refractivity contribution < 1.29 is 4.79 Å². The van der Waals surface area contributed by atoms with Crippen LogP contribution in [-0.4, -0.2) is 41.4 Å². The van der Waals surface area contributed by atoms with E-state index in [4.69, 9.17) is 0 Å². The van der Waals surface area contributed by atoms with Crippen molar-refractivity contribution in [2.24, 2.45) is 0 Å². The number of hydrogen-bond acceptors (Lipinski definition) is 4. The summed E-state index contributed by atoms with van der Waals surface area (Å²) in [5.41, 5.74) is 0.933. The fourth-order valence-electron chi connectivity index (χ4n) is 1.06. The molecule has 82 valence electrons. The van der Waals surface area contributed by atoms with Gasteiger partial charge in [0.1, 0.15) is 6.33 Å². The lowest BCUT2D eigenvalue weighted by molar-refractivity contribution is -0.128. The maximum absolute atomic E-state index is 11.2. The van der Waals surface area contributed by atoms with E-state index in [1.165, 1.54) is 6.33 Å². The number of nitrogens with one attached hydrogen (secondary N) is 1. The summed E-state index contributed by atoms with van der Waals surface area (Å²) in [6, 6.07) is 1.85. The van der Waals surface area contributed by atoms with Crippen LogP contribution in [0.4, 0.5) is 0 Å². The molecule has 5 nitrogen and oxygen atoms in total. The molecule has 0 atom stereocenters. The summed E-state index contributed by atoms with van der Waals surface area (Å²) >= 11 is 0. The van der Waals surface area contributed by atoms with Gasteiger partial charge in [-0.05, 0) is 6.07 Å². The molecule has 1 rings (SSSR count). The molecule has 15 heavy (non-hydrogen) atoms. The van der Waals surface area contributed by atoms with Crippen molar-refractivity contribution in [2.45, 2.75) is 13.0 Å². The second kappa shape index (κ2) is 6.08. The summed E-state index contributed by atoms with van der Waals surface area (Å²) < 4.78 is 0. The van der Waals surface area contributed by atoms with Crippen LogP contribution >= 0.6 is 0 Å². The van der Waals surface area contributed by atoms with E-state index in [1.807, 2.05) is 6.07 Å². The van der Waals surface area contributed by atoms with Crippen LogP contribution in [0.25, 0.3) is 0 Å². The van der Waals surface area contributed by atoms with Crippen LogP contribution in [0, 0.1) is 0 Å². The minimum atomic E-state index is 0.130. The topological polar surface area (TPSA) is 58.1 Å². The van der Waals surface area contributed by atoms with Crippen LogP contribution in [0.5, 0.6) is 0 Å². The van der Waals surface area contributed by atoms with Crippen molar-refractivity contribution in [2.75, 3.05) is 20.6 Å². The molecule has 0 aromatic carbocycles. The standard InChI is InChI=1S/C10H16N4O/c1-14(2)10(15)4-6-11-7-9-3-5-12-8-13-9/h3,5,8,11H,4,6-7H2,1-2H3. The lowest BCUT2D eigenvalue weighted by Crippen LogP contribution is -2.26. The van der Waals surface area contributed by atoms with Gasteiger partial charge in [0.15, 0.2) is 0 Å². The van der Waals surface area contributed by atoms with E-state index in [1.54, 1.807) is 25.2 Å². The smallest absolute Gasteiger partial charge is 0.223 e. The molecule has 0 unspecified atom stereocenters. The molecular weight excluding hydrogens is 192 g/mol. The van der Waals surface area contributed by atoms with Gasteiger partial charge in [0, 0.05) is 39.8 Å². The predicted molar refractivity (Wildman–Crippen MR) is 57.0 cm³/mol. The van der Waals surface area contributed by atoms with Crippen molar-refractivity contribution in [1.29, 1.82) is 0 Å². The third-order valence-corrected chi connectivity index (χ3v) is 1.96. The van der Waals surface area contributed by atoms with E-state index in [0.29, 0.717) is 19.5 Å². The zero-order valence-corrected chi connectivity index (χ0v) is 9.10. The summed E-state index contributed by atoms with van der Waals surface area (Å²) in [6.45, 7) is 1.34. The van der Waals surface area contributed by atoms with E-state index >= 15 is 0 Å². The normalized spacial score (nSPS) is 10.0. The highest BCUT2D eigenvalue weighted by atomic mass is 16.2. The van der Waals surface area contributed by atoms with Crippen LogP contribution in [0.15, 0.2) is 18.6 Å². The highest BCUT2D eigenvalue weighted by Crippen LogP contribution is 1.90. The molecule has 0 saturated heterocycles. The third-order valence-electron chi connectivity index (χ3n) is 1.96. The Morgan fingerprint density at radius 3 is 2.93 bits per heavy atom.